The third-order valence-electron chi connectivity index (χ3n) is 1.99. The zero-order valence-electron chi connectivity index (χ0n) is 9.03. The van der Waals surface area contributed by atoms with Crippen LogP contribution in [0.4, 0.5) is 5.69 Å². The summed E-state index contributed by atoms with van der Waals surface area (Å²) in [6.45, 7) is 0. The molecule has 0 heterocycles. The third kappa shape index (κ3) is 3.90. The normalized spacial score (nSPS) is 11.2. The number of rotatable bonds is 4. The van der Waals surface area contributed by atoms with Crippen molar-refractivity contribution in [3.8, 4) is 0 Å². The number of alkyl halides is 1. The first-order valence-corrected chi connectivity index (χ1v) is 5.37. The molecule has 1 aromatic rings. The molecule has 0 aromatic heterocycles. The molecule has 0 aliphatic rings. The van der Waals surface area contributed by atoms with E-state index in [-0.39, 0.29) is 11.8 Å². The van der Waals surface area contributed by atoms with E-state index in [0.717, 1.165) is 11.3 Å². The fourth-order valence-electron chi connectivity index (χ4n) is 1.16. The van der Waals surface area contributed by atoms with Crippen molar-refractivity contribution < 1.29 is 4.79 Å². The van der Waals surface area contributed by atoms with Crippen molar-refractivity contribution >= 4 is 29.0 Å². The Bertz CT molecular complexity index is 387. The highest BCUT2D eigenvalue weighted by atomic mass is 35.5. The molecule has 16 heavy (non-hydrogen) atoms. The van der Waals surface area contributed by atoms with Crippen molar-refractivity contribution in [3.05, 3.63) is 29.8 Å². The summed E-state index contributed by atoms with van der Waals surface area (Å²) in [6.07, 6.45) is 0.367. The highest BCUT2D eigenvalue weighted by Gasteiger charge is 2.00. The number of aliphatic imine (C=N–C) groups is 1. The summed E-state index contributed by atoms with van der Waals surface area (Å²) in [6, 6.07) is 7.29. The summed E-state index contributed by atoms with van der Waals surface area (Å²) in [5, 5.41) is 2.57. The fraction of sp³-hybridized carbons (Fsp3) is 0.273. The molecule has 86 valence electrons. The number of amidine groups is 1. The molecule has 1 rings (SSSR count). The average molecular weight is 240 g/mol. The van der Waals surface area contributed by atoms with Crippen molar-refractivity contribution in [3.63, 3.8) is 0 Å². The maximum Gasteiger partial charge on any atom is 0.224 e. The number of halogens is 1. The van der Waals surface area contributed by atoms with E-state index in [9.17, 15) is 4.79 Å². The lowest BCUT2D eigenvalue weighted by atomic mass is 10.1. The Balaban J connectivity index is 2.72. The van der Waals surface area contributed by atoms with Gasteiger partial charge in [-0.15, -0.1) is 11.6 Å². The van der Waals surface area contributed by atoms with Gasteiger partial charge in [-0.25, -0.2) is 4.99 Å². The Morgan fingerprint density at radius 3 is 2.56 bits per heavy atom. The van der Waals surface area contributed by atoms with E-state index < -0.39 is 0 Å². The maximum absolute atomic E-state index is 11.1. The second kappa shape index (κ2) is 6.12. The molecule has 1 aromatic carbocycles. The largest absolute Gasteiger partial charge is 0.386 e. The molecule has 0 fully saturated rings. The molecule has 0 aliphatic heterocycles. The van der Waals surface area contributed by atoms with Crippen LogP contribution in [-0.2, 0) is 11.2 Å². The Kier molecular flexibility index (Phi) is 4.79. The van der Waals surface area contributed by atoms with E-state index in [1.54, 1.807) is 19.2 Å². The predicted molar refractivity (Wildman–Crippen MR) is 66.2 cm³/mol. The first-order chi connectivity index (χ1) is 7.65. The molecular formula is C11H14ClN3O. The Hall–Kier alpha value is -1.55. The van der Waals surface area contributed by atoms with Crippen LogP contribution in [0.1, 0.15) is 5.56 Å². The second-order valence-electron chi connectivity index (χ2n) is 3.25. The number of benzene rings is 1. The first kappa shape index (κ1) is 12.5. The summed E-state index contributed by atoms with van der Waals surface area (Å²) >= 11 is 5.51. The molecule has 0 bridgehead atoms. The highest BCUT2D eigenvalue weighted by molar-refractivity contribution is 6.28. The minimum absolute atomic E-state index is 0.0171. The standard InChI is InChI=1S/C11H14ClN3O/c1-14-11(16)6-8-2-4-9(5-3-8)15-10(13)7-12/h2-5H,6-7H2,1H3,(H2,13,15)(H,14,16). The van der Waals surface area contributed by atoms with Gasteiger partial charge < -0.3 is 11.1 Å². The van der Waals surface area contributed by atoms with Crippen LogP contribution in [0.15, 0.2) is 29.3 Å². The average Bonchev–Trinajstić information content (AvgIpc) is 2.31. The van der Waals surface area contributed by atoms with Crippen LogP contribution in [-0.4, -0.2) is 24.7 Å². The molecule has 0 saturated carbocycles. The van der Waals surface area contributed by atoms with Crippen LogP contribution in [0.3, 0.4) is 0 Å². The van der Waals surface area contributed by atoms with E-state index in [2.05, 4.69) is 10.3 Å². The predicted octanol–water partition coefficient (Wildman–Crippen LogP) is 1.20. The quantitative estimate of drug-likeness (QED) is 0.471. The monoisotopic (exact) mass is 239 g/mol. The molecule has 0 radical (unpaired) electrons. The molecule has 0 unspecified atom stereocenters. The molecule has 1 amide bonds. The minimum atomic E-state index is -0.0171. The van der Waals surface area contributed by atoms with E-state index >= 15 is 0 Å². The van der Waals surface area contributed by atoms with Gasteiger partial charge in [-0.2, -0.15) is 0 Å². The Morgan fingerprint density at radius 1 is 1.44 bits per heavy atom. The van der Waals surface area contributed by atoms with Gasteiger partial charge in [0.1, 0.15) is 5.84 Å². The number of carbonyl (C=O) groups is 1. The van der Waals surface area contributed by atoms with E-state index in [1.165, 1.54) is 0 Å². The number of carbonyl (C=O) groups excluding carboxylic acids is 1. The molecule has 3 N–H and O–H groups in total. The van der Waals surface area contributed by atoms with Crippen molar-refractivity contribution in [2.24, 2.45) is 10.7 Å². The molecule has 0 spiro atoms. The van der Waals surface area contributed by atoms with Crippen LogP contribution in [0.5, 0.6) is 0 Å². The number of nitrogens with one attached hydrogen (secondary N) is 1. The summed E-state index contributed by atoms with van der Waals surface area (Å²) < 4.78 is 0. The van der Waals surface area contributed by atoms with E-state index in [4.69, 9.17) is 17.3 Å². The molecule has 0 atom stereocenters. The number of amides is 1. The number of likely N-dealkylation sites (N-methyl/N-ethyl adjacent to an activating group) is 1. The summed E-state index contributed by atoms with van der Waals surface area (Å²) in [5.41, 5.74) is 7.17. The summed E-state index contributed by atoms with van der Waals surface area (Å²) in [5.74, 6) is 0.567. The number of hydrogen-bond acceptors (Lipinski definition) is 2. The van der Waals surface area contributed by atoms with Gasteiger partial charge in [-0.3, -0.25) is 4.79 Å². The lowest BCUT2D eigenvalue weighted by molar-refractivity contribution is -0.119. The third-order valence-corrected chi connectivity index (χ3v) is 2.26. The van der Waals surface area contributed by atoms with Crippen molar-refractivity contribution in [1.82, 2.24) is 5.32 Å². The smallest absolute Gasteiger partial charge is 0.224 e. The van der Waals surface area contributed by atoms with Gasteiger partial charge in [0.15, 0.2) is 0 Å². The molecule has 0 saturated heterocycles. The van der Waals surface area contributed by atoms with Gasteiger partial charge in [0.05, 0.1) is 18.0 Å². The fourth-order valence-corrected chi connectivity index (χ4v) is 1.22. The van der Waals surface area contributed by atoms with Crippen LogP contribution < -0.4 is 11.1 Å². The number of hydrogen-bond donors (Lipinski definition) is 2. The van der Waals surface area contributed by atoms with Crippen LogP contribution in [0.2, 0.25) is 0 Å². The first-order valence-electron chi connectivity index (χ1n) is 4.84. The minimum Gasteiger partial charge on any atom is -0.386 e. The number of nitrogens with zero attached hydrogens (tertiary/aromatic N) is 1. The Morgan fingerprint density at radius 2 is 2.06 bits per heavy atom. The number of nitrogens with two attached hydrogens (primary N) is 1. The zero-order chi connectivity index (χ0) is 12.0. The maximum atomic E-state index is 11.1. The van der Waals surface area contributed by atoms with Crippen molar-refractivity contribution in [1.29, 1.82) is 0 Å². The van der Waals surface area contributed by atoms with E-state index in [1.807, 2.05) is 12.1 Å². The second-order valence-corrected chi connectivity index (χ2v) is 3.52. The SMILES string of the molecule is CNC(=O)Cc1ccc(N=C(N)CCl)cc1. The van der Waals surface area contributed by atoms with Gasteiger partial charge in [0, 0.05) is 7.05 Å². The lowest BCUT2D eigenvalue weighted by Crippen LogP contribution is -2.19. The topological polar surface area (TPSA) is 67.5 Å². The Labute approximate surface area is 99.5 Å². The highest BCUT2D eigenvalue weighted by Crippen LogP contribution is 2.13. The van der Waals surface area contributed by atoms with Crippen LogP contribution >= 0.6 is 11.6 Å². The summed E-state index contributed by atoms with van der Waals surface area (Å²) in [4.78, 5) is 15.2. The molecule has 5 heteroatoms. The summed E-state index contributed by atoms with van der Waals surface area (Å²) in [7, 11) is 1.61. The van der Waals surface area contributed by atoms with Crippen molar-refractivity contribution in [2.75, 3.05) is 12.9 Å². The van der Waals surface area contributed by atoms with Gasteiger partial charge in [-0.1, -0.05) is 12.1 Å². The van der Waals surface area contributed by atoms with Crippen LogP contribution in [0, 0.1) is 0 Å². The van der Waals surface area contributed by atoms with Crippen LogP contribution in [0.25, 0.3) is 0 Å². The molecular weight excluding hydrogens is 226 g/mol. The van der Waals surface area contributed by atoms with Gasteiger partial charge in [0.2, 0.25) is 5.91 Å². The van der Waals surface area contributed by atoms with Crippen molar-refractivity contribution in [2.45, 2.75) is 6.42 Å². The zero-order valence-corrected chi connectivity index (χ0v) is 9.79. The van der Waals surface area contributed by atoms with Gasteiger partial charge in [-0.05, 0) is 17.7 Å². The van der Waals surface area contributed by atoms with E-state index in [0.29, 0.717) is 12.3 Å². The van der Waals surface area contributed by atoms with Gasteiger partial charge in [0.25, 0.3) is 0 Å². The lowest BCUT2D eigenvalue weighted by Gasteiger charge is -2.01. The molecule has 4 nitrogen and oxygen atoms in total. The molecule has 0 aliphatic carbocycles. The van der Waals surface area contributed by atoms with Gasteiger partial charge >= 0.3 is 0 Å².